The van der Waals surface area contributed by atoms with Crippen molar-refractivity contribution in [2.45, 2.75) is 32.4 Å². The van der Waals surface area contributed by atoms with Gasteiger partial charge < -0.3 is 5.32 Å². The van der Waals surface area contributed by atoms with Gasteiger partial charge in [0.2, 0.25) is 0 Å². The van der Waals surface area contributed by atoms with Crippen molar-refractivity contribution in [3.63, 3.8) is 0 Å². The Morgan fingerprint density at radius 3 is 3.00 bits per heavy atom. The van der Waals surface area contributed by atoms with E-state index in [4.69, 9.17) is 5.26 Å². The van der Waals surface area contributed by atoms with Gasteiger partial charge in [-0.2, -0.15) is 5.26 Å². The van der Waals surface area contributed by atoms with Gasteiger partial charge in [-0.1, -0.05) is 0 Å². The van der Waals surface area contributed by atoms with Crippen LogP contribution >= 0.6 is 0 Å². The fourth-order valence-corrected chi connectivity index (χ4v) is 1.60. The van der Waals surface area contributed by atoms with Crippen molar-refractivity contribution in [1.29, 1.82) is 5.26 Å². The Labute approximate surface area is 74.4 Å². The summed E-state index contributed by atoms with van der Waals surface area (Å²) in [7, 11) is 0. The average molecular weight is 167 g/mol. The van der Waals surface area contributed by atoms with Crippen molar-refractivity contribution in [3.05, 3.63) is 0 Å². The number of nitriles is 1. The monoisotopic (exact) mass is 167 g/mol. The van der Waals surface area contributed by atoms with Crippen LogP contribution in [-0.4, -0.2) is 36.6 Å². The summed E-state index contributed by atoms with van der Waals surface area (Å²) in [6, 6.07) is 3.34. The van der Waals surface area contributed by atoms with Crippen LogP contribution in [0.4, 0.5) is 0 Å². The topological polar surface area (TPSA) is 39.1 Å². The molecule has 0 amide bonds. The van der Waals surface area contributed by atoms with Crippen LogP contribution in [0.3, 0.4) is 0 Å². The fourth-order valence-electron chi connectivity index (χ4n) is 1.60. The Hall–Kier alpha value is -0.590. The van der Waals surface area contributed by atoms with E-state index in [-0.39, 0.29) is 0 Å². The quantitative estimate of drug-likeness (QED) is 0.654. The minimum atomic E-state index is 0.569. The van der Waals surface area contributed by atoms with E-state index in [0.29, 0.717) is 18.5 Å². The molecule has 1 fully saturated rings. The van der Waals surface area contributed by atoms with Crippen molar-refractivity contribution in [2.24, 2.45) is 0 Å². The smallest absolute Gasteiger partial charge is 0.0635 e. The van der Waals surface area contributed by atoms with E-state index in [2.05, 4.69) is 30.1 Å². The maximum atomic E-state index is 8.46. The Balaban J connectivity index is 2.34. The molecule has 1 aliphatic rings. The third-order valence-corrected chi connectivity index (χ3v) is 2.40. The molecule has 0 aromatic carbocycles. The van der Waals surface area contributed by atoms with E-state index in [1.807, 2.05) is 0 Å². The summed E-state index contributed by atoms with van der Waals surface area (Å²) in [4.78, 5) is 2.38. The van der Waals surface area contributed by atoms with Crippen molar-refractivity contribution in [3.8, 4) is 6.07 Å². The highest BCUT2D eigenvalue weighted by Crippen LogP contribution is 2.06. The summed E-state index contributed by atoms with van der Waals surface area (Å²) in [6.45, 7) is 7.43. The number of hydrogen-bond acceptors (Lipinski definition) is 3. The van der Waals surface area contributed by atoms with Gasteiger partial charge in [0.25, 0.3) is 0 Å². The molecule has 1 N–H and O–H groups in total. The Kier molecular flexibility index (Phi) is 3.51. The second-order valence-electron chi connectivity index (χ2n) is 3.56. The molecule has 0 aromatic heterocycles. The van der Waals surface area contributed by atoms with Gasteiger partial charge in [-0.3, -0.25) is 4.90 Å². The molecule has 1 saturated heterocycles. The van der Waals surface area contributed by atoms with Gasteiger partial charge in [0.15, 0.2) is 0 Å². The highest BCUT2D eigenvalue weighted by atomic mass is 15.2. The molecule has 0 aromatic rings. The first-order valence-corrected chi connectivity index (χ1v) is 4.58. The zero-order chi connectivity index (χ0) is 8.97. The van der Waals surface area contributed by atoms with Crippen molar-refractivity contribution in [2.75, 3.05) is 19.6 Å². The normalized spacial score (nSPS) is 31.4. The van der Waals surface area contributed by atoms with Crippen LogP contribution in [0, 0.1) is 11.3 Å². The summed E-state index contributed by atoms with van der Waals surface area (Å²) in [5.41, 5.74) is 0. The van der Waals surface area contributed by atoms with E-state index in [0.717, 1.165) is 19.6 Å². The summed E-state index contributed by atoms with van der Waals surface area (Å²) in [6.07, 6.45) is 0.650. The van der Waals surface area contributed by atoms with Gasteiger partial charge in [0.05, 0.1) is 6.07 Å². The van der Waals surface area contributed by atoms with E-state index in [1.54, 1.807) is 0 Å². The summed E-state index contributed by atoms with van der Waals surface area (Å²) in [5, 5.41) is 11.9. The molecule has 1 aliphatic heterocycles. The van der Waals surface area contributed by atoms with E-state index >= 15 is 0 Å². The molecule has 1 rings (SSSR count). The SMILES string of the molecule is C[C@@H]1CN(CCC#N)[C@@H](C)CN1. The maximum Gasteiger partial charge on any atom is 0.0635 e. The molecule has 0 saturated carbocycles. The van der Waals surface area contributed by atoms with E-state index in [1.165, 1.54) is 0 Å². The first-order valence-electron chi connectivity index (χ1n) is 4.58. The molecule has 1 heterocycles. The molecule has 0 spiro atoms. The molecule has 0 aliphatic carbocycles. The molecule has 0 bridgehead atoms. The van der Waals surface area contributed by atoms with Crippen molar-refractivity contribution in [1.82, 2.24) is 10.2 Å². The number of nitrogens with zero attached hydrogens (tertiary/aromatic N) is 2. The second-order valence-corrected chi connectivity index (χ2v) is 3.56. The van der Waals surface area contributed by atoms with Crippen LogP contribution in [0.25, 0.3) is 0 Å². The minimum Gasteiger partial charge on any atom is -0.311 e. The van der Waals surface area contributed by atoms with Crippen LogP contribution in [0.1, 0.15) is 20.3 Å². The molecule has 0 radical (unpaired) electrons. The van der Waals surface area contributed by atoms with Gasteiger partial charge in [-0.25, -0.2) is 0 Å². The number of nitrogens with one attached hydrogen (secondary N) is 1. The van der Waals surface area contributed by atoms with E-state index < -0.39 is 0 Å². The molecule has 0 unspecified atom stereocenters. The van der Waals surface area contributed by atoms with Gasteiger partial charge in [0.1, 0.15) is 0 Å². The lowest BCUT2D eigenvalue weighted by Crippen LogP contribution is -2.54. The molecule has 12 heavy (non-hydrogen) atoms. The summed E-state index contributed by atoms with van der Waals surface area (Å²) < 4.78 is 0. The molecular formula is C9H17N3. The molecule has 3 nitrogen and oxygen atoms in total. The van der Waals surface area contributed by atoms with Crippen LogP contribution < -0.4 is 5.32 Å². The Bertz CT molecular complexity index is 173. The lowest BCUT2D eigenvalue weighted by Gasteiger charge is -2.37. The molecule has 3 heteroatoms. The number of rotatable bonds is 2. The summed E-state index contributed by atoms with van der Waals surface area (Å²) in [5.74, 6) is 0. The highest BCUT2D eigenvalue weighted by Gasteiger charge is 2.21. The predicted octanol–water partition coefficient (Wildman–Crippen LogP) is 0.582. The standard InChI is InChI=1S/C9H17N3/c1-8-7-12(5-3-4-10)9(2)6-11-8/h8-9,11H,3,5-7H2,1-2H3/t8-,9+/m1/s1. The highest BCUT2D eigenvalue weighted by molar-refractivity contribution is 4.83. The third kappa shape index (κ3) is 2.47. The van der Waals surface area contributed by atoms with Crippen LogP contribution in [0.2, 0.25) is 0 Å². The van der Waals surface area contributed by atoms with Crippen LogP contribution in [0.5, 0.6) is 0 Å². The van der Waals surface area contributed by atoms with Crippen molar-refractivity contribution >= 4 is 0 Å². The molecular weight excluding hydrogens is 150 g/mol. The number of hydrogen-bond donors (Lipinski definition) is 1. The Morgan fingerprint density at radius 1 is 1.58 bits per heavy atom. The van der Waals surface area contributed by atoms with Crippen molar-refractivity contribution < 1.29 is 0 Å². The predicted molar refractivity (Wildman–Crippen MR) is 48.7 cm³/mol. The van der Waals surface area contributed by atoms with Crippen LogP contribution in [0.15, 0.2) is 0 Å². The van der Waals surface area contributed by atoms with Gasteiger partial charge in [-0.15, -0.1) is 0 Å². The summed E-state index contributed by atoms with van der Waals surface area (Å²) >= 11 is 0. The second kappa shape index (κ2) is 4.44. The number of piperazine rings is 1. The minimum absolute atomic E-state index is 0.569. The van der Waals surface area contributed by atoms with E-state index in [9.17, 15) is 0 Å². The average Bonchev–Trinajstić information content (AvgIpc) is 2.07. The largest absolute Gasteiger partial charge is 0.311 e. The third-order valence-electron chi connectivity index (χ3n) is 2.40. The van der Waals surface area contributed by atoms with Gasteiger partial charge in [-0.05, 0) is 13.8 Å². The van der Waals surface area contributed by atoms with Crippen LogP contribution in [-0.2, 0) is 0 Å². The maximum absolute atomic E-state index is 8.46. The molecule has 2 atom stereocenters. The zero-order valence-corrected chi connectivity index (χ0v) is 7.88. The van der Waals surface area contributed by atoms with Gasteiger partial charge in [0, 0.05) is 38.1 Å². The molecule has 68 valence electrons. The fraction of sp³-hybridized carbons (Fsp3) is 0.889. The van der Waals surface area contributed by atoms with Gasteiger partial charge >= 0.3 is 0 Å². The Morgan fingerprint density at radius 2 is 2.33 bits per heavy atom. The first-order chi connectivity index (χ1) is 5.74. The first kappa shape index (κ1) is 9.50. The lowest BCUT2D eigenvalue weighted by atomic mass is 10.1. The zero-order valence-electron chi connectivity index (χ0n) is 7.88. The lowest BCUT2D eigenvalue weighted by molar-refractivity contribution is 0.150.